The summed E-state index contributed by atoms with van der Waals surface area (Å²) in [7, 11) is 1.55. The van der Waals surface area contributed by atoms with Gasteiger partial charge in [0.1, 0.15) is 11.6 Å². The van der Waals surface area contributed by atoms with Crippen molar-refractivity contribution in [3.63, 3.8) is 0 Å². The quantitative estimate of drug-likeness (QED) is 0.735. The van der Waals surface area contributed by atoms with E-state index in [2.05, 4.69) is 4.98 Å². The fourth-order valence-electron chi connectivity index (χ4n) is 2.38. The van der Waals surface area contributed by atoms with Crippen molar-refractivity contribution in [3.8, 4) is 17.0 Å². The second-order valence-electron chi connectivity index (χ2n) is 4.39. The molecule has 3 rings (SSSR count). The molecule has 0 radical (unpaired) electrons. The minimum absolute atomic E-state index is 0.368. The average Bonchev–Trinajstić information content (AvgIpc) is 2.85. The van der Waals surface area contributed by atoms with E-state index in [1.165, 1.54) is 6.07 Å². The van der Waals surface area contributed by atoms with E-state index in [0.717, 1.165) is 11.7 Å². The number of carbonyl (C=O) groups is 1. The first-order valence-electron chi connectivity index (χ1n) is 6.15. The maximum Gasteiger partial charge on any atom is 0.152 e. The van der Waals surface area contributed by atoms with Crippen LogP contribution in [0.5, 0.6) is 5.75 Å². The number of rotatable bonds is 3. The molecule has 0 saturated carbocycles. The van der Waals surface area contributed by atoms with E-state index < -0.39 is 0 Å². The van der Waals surface area contributed by atoms with Gasteiger partial charge >= 0.3 is 0 Å². The van der Waals surface area contributed by atoms with Gasteiger partial charge in [-0.2, -0.15) is 0 Å². The summed E-state index contributed by atoms with van der Waals surface area (Å²) in [6.45, 7) is 0. The van der Waals surface area contributed by atoms with Gasteiger partial charge in [0.15, 0.2) is 6.29 Å². The van der Waals surface area contributed by atoms with Crippen molar-refractivity contribution in [3.05, 3.63) is 53.8 Å². The van der Waals surface area contributed by atoms with Crippen LogP contribution in [0.15, 0.2) is 42.5 Å². The van der Waals surface area contributed by atoms with Crippen LogP contribution in [0.4, 0.5) is 4.39 Å². The van der Waals surface area contributed by atoms with Crippen LogP contribution in [0.3, 0.4) is 0 Å². The lowest BCUT2D eigenvalue weighted by atomic mass is 10.1. The van der Waals surface area contributed by atoms with Gasteiger partial charge in [0.25, 0.3) is 0 Å². The van der Waals surface area contributed by atoms with E-state index >= 15 is 0 Å². The largest absolute Gasteiger partial charge is 0.495 e. The molecule has 1 aromatic heterocycles. The minimum atomic E-state index is -0.374. The van der Waals surface area contributed by atoms with Gasteiger partial charge in [0.2, 0.25) is 0 Å². The molecule has 3 aromatic rings. The number of nitrogens with one attached hydrogen (secondary N) is 1. The molecule has 20 heavy (non-hydrogen) atoms. The fourth-order valence-corrected chi connectivity index (χ4v) is 2.38. The maximum atomic E-state index is 13.9. The van der Waals surface area contributed by atoms with Crippen molar-refractivity contribution >= 4 is 17.2 Å². The lowest BCUT2D eigenvalue weighted by Crippen LogP contribution is -1.88. The lowest BCUT2D eigenvalue weighted by Gasteiger charge is -2.01. The zero-order valence-electron chi connectivity index (χ0n) is 10.8. The zero-order chi connectivity index (χ0) is 14.1. The number of hydrogen-bond acceptors (Lipinski definition) is 2. The summed E-state index contributed by atoms with van der Waals surface area (Å²) in [5.74, 6) is 0.245. The second kappa shape index (κ2) is 4.81. The first kappa shape index (κ1) is 12.4. The third-order valence-electron chi connectivity index (χ3n) is 3.32. The molecular weight excluding hydrogens is 257 g/mol. The van der Waals surface area contributed by atoms with Gasteiger partial charge in [-0.15, -0.1) is 0 Å². The molecule has 4 heteroatoms. The summed E-state index contributed by atoms with van der Waals surface area (Å²) < 4.78 is 19.2. The Hall–Kier alpha value is -2.62. The number of fused-ring (bicyclic) bond motifs is 1. The van der Waals surface area contributed by atoms with Gasteiger partial charge in [-0.1, -0.05) is 24.3 Å². The molecule has 0 amide bonds. The summed E-state index contributed by atoms with van der Waals surface area (Å²) >= 11 is 0. The van der Waals surface area contributed by atoms with Crippen molar-refractivity contribution in [1.82, 2.24) is 4.98 Å². The van der Waals surface area contributed by atoms with E-state index in [4.69, 9.17) is 4.74 Å². The van der Waals surface area contributed by atoms with Gasteiger partial charge in [0, 0.05) is 16.5 Å². The molecular formula is C16H12FNO2. The average molecular weight is 269 g/mol. The molecule has 0 aliphatic rings. The predicted octanol–water partition coefficient (Wildman–Crippen LogP) is 3.80. The number of carbonyl (C=O) groups excluding carboxylic acids is 1. The van der Waals surface area contributed by atoms with Crippen LogP contribution in [0.25, 0.3) is 22.2 Å². The van der Waals surface area contributed by atoms with Gasteiger partial charge in [-0.25, -0.2) is 4.39 Å². The minimum Gasteiger partial charge on any atom is -0.495 e. The van der Waals surface area contributed by atoms with Crippen LogP contribution in [0, 0.1) is 5.82 Å². The summed E-state index contributed by atoms with van der Waals surface area (Å²) in [4.78, 5) is 14.5. The number of aromatic amines is 1. The van der Waals surface area contributed by atoms with Crippen LogP contribution in [-0.2, 0) is 0 Å². The van der Waals surface area contributed by atoms with E-state index in [1.807, 2.05) is 6.07 Å². The molecule has 100 valence electrons. The SMILES string of the molecule is COc1cccc2c(C=O)c(-c3ccccc3F)[nH]c12. The Morgan fingerprint density at radius 1 is 1.15 bits per heavy atom. The lowest BCUT2D eigenvalue weighted by molar-refractivity contribution is 0.112. The Kier molecular flexibility index (Phi) is 2.99. The third kappa shape index (κ3) is 1.77. The summed E-state index contributed by atoms with van der Waals surface area (Å²) in [6, 6.07) is 11.7. The highest BCUT2D eigenvalue weighted by Crippen LogP contribution is 2.34. The molecule has 0 atom stereocenters. The third-order valence-corrected chi connectivity index (χ3v) is 3.32. The number of aromatic nitrogens is 1. The molecule has 0 bridgehead atoms. The summed E-state index contributed by atoms with van der Waals surface area (Å²) in [5.41, 5.74) is 1.96. The number of benzene rings is 2. The second-order valence-corrected chi connectivity index (χ2v) is 4.39. The number of aldehydes is 1. The van der Waals surface area contributed by atoms with Crippen LogP contribution < -0.4 is 4.74 Å². The van der Waals surface area contributed by atoms with Gasteiger partial charge < -0.3 is 9.72 Å². The Morgan fingerprint density at radius 2 is 1.95 bits per heavy atom. The number of methoxy groups -OCH3 is 1. The first-order valence-corrected chi connectivity index (χ1v) is 6.15. The van der Waals surface area contributed by atoms with Crippen molar-refractivity contribution in [2.45, 2.75) is 0 Å². The maximum absolute atomic E-state index is 13.9. The topological polar surface area (TPSA) is 42.1 Å². The Morgan fingerprint density at radius 3 is 2.65 bits per heavy atom. The van der Waals surface area contributed by atoms with Crippen LogP contribution in [-0.4, -0.2) is 18.4 Å². The van der Waals surface area contributed by atoms with Crippen molar-refractivity contribution < 1.29 is 13.9 Å². The highest BCUT2D eigenvalue weighted by atomic mass is 19.1. The molecule has 2 aromatic carbocycles. The zero-order valence-corrected chi connectivity index (χ0v) is 10.8. The molecule has 0 aliphatic heterocycles. The van der Waals surface area contributed by atoms with Crippen molar-refractivity contribution in [2.75, 3.05) is 7.11 Å². The van der Waals surface area contributed by atoms with E-state index in [9.17, 15) is 9.18 Å². The first-order chi connectivity index (χ1) is 9.76. The Bertz CT molecular complexity index is 792. The molecule has 0 saturated heterocycles. The molecule has 0 aliphatic carbocycles. The molecule has 1 N–H and O–H groups in total. The Labute approximate surface area is 115 Å². The summed E-state index contributed by atoms with van der Waals surface area (Å²) in [5, 5.41) is 0.720. The number of hydrogen-bond donors (Lipinski definition) is 1. The fraction of sp³-hybridized carbons (Fsp3) is 0.0625. The Balaban J connectivity index is 2.37. The predicted molar refractivity (Wildman–Crippen MR) is 75.6 cm³/mol. The standard InChI is InChI=1S/C16H12FNO2/c1-20-14-8-4-6-10-12(9-19)15(18-16(10)14)11-5-2-3-7-13(11)17/h2-9,18H,1H3. The van der Waals surface area contributed by atoms with Gasteiger partial charge in [0.05, 0.1) is 18.3 Å². The number of ether oxygens (including phenoxy) is 1. The van der Waals surface area contributed by atoms with Gasteiger partial charge in [-0.3, -0.25) is 4.79 Å². The van der Waals surface area contributed by atoms with E-state index in [-0.39, 0.29) is 5.82 Å². The van der Waals surface area contributed by atoms with Crippen molar-refractivity contribution in [1.29, 1.82) is 0 Å². The number of halogens is 1. The molecule has 0 spiro atoms. The molecule has 1 heterocycles. The monoisotopic (exact) mass is 269 g/mol. The normalized spacial score (nSPS) is 10.7. The summed E-state index contributed by atoms with van der Waals surface area (Å²) in [6.07, 6.45) is 0.736. The van der Waals surface area contributed by atoms with Crippen molar-refractivity contribution in [2.24, 2.45) is 0 Å². The number of H-pyrrole nitrogens is 1. The van der Waals surface area contributed by atoms with Crippen LogP contribution in [0.2, 0.25) is 0 Å². The highest BCUT2D eigenvalue weighted by molar-refractivity contribution is 6.06. The molecule has 3 nitrogen and oxygen atoms in total. The molecule has 0 unspecified atom stereocenters. The van der Waals surface area contributed by atoms with Gasteiger partial charge in [-0.05, 0) is 18.2 Å². The van der Waals surface area contributed by atoms with E-state index in [1.54, 1.807) is 37.4 Å². The number of para-hydroxylation sites is 1. The van der Waals surface area contributed by atoms with E-state index in [0.29, 0.717) is 28.1 Å². The van der Waals surface area contributed by atoms with Crippen LogP contribution in [0.1, 0.15) is 10.4 Å². The molecule has 0 fully saturated rings. The highest BCUT2D eigenvalue weighted by Gasteiger charge is 2.17. The van der Waals surface area contributed by atoms with Crippen LogP contribution >= 0.6 is 0 Å². The smallest absolute Gasteiger partial charge is 0.152 e.